The Morgan fingerprint density at radius 1 is 0.600 bits per heavy atom. The minimum atomic E-state index is -0.195. The minimum Gasteiger partial charge on any atom is -0.464 e. The highest BCUT2D eigenvalue weighted by Gasteiger charge is 2.19. The molecule has 4 aromatic carbocycles. The van der Waals surface area contributed by atoms with Gasteiger partial charge in [0.1, 0.15) is 27.0 Å². The van der Waals surface area contributed by atoms with Gasteiger partial charge in [-0.25, -0.2) is 9.97 Å². The molecule has 7 aromatic rings. The van der Waals surface area contributed by atoms with Gasteiger partial charge in [0, 0.05) is 79.6 Å². The molecule has 2 fully saturated rings. The fourth-order valence-electron chi connectivity index (χ4n) is 6.60. The van der Waals surface area contributed by atoms with Crippen LogP contribution in [0.5, 0.6) is 0 Å². The number of benzene rings is 4. The van der Waals surface area contributed by atoms with E-state index in [4.69, 9.17) is 4.42 Å². The molecule has 0 spiro atoms. The molecule has 0 saturated carbocycles. The van der Waals surface area contributed by atoms with Crippen LogP contribution in [0.2, 0.25) is 0 Å². The van der Waals surface area contributed by atoms with Crippen molar-refractivity contribution < 1.29 is 14.0 Å². The van der Waals surface area contributed by atoms with Crippen LogP contribution in [0.25, 0.3) is 32.1 Å². The number of amides is 2. The molecule has 278 valence electrons. The average molecular weight is 769 g/mol. The van der Waals surface area contributed by atoms with Crippen LogP contribution in [0.4, 0.5) is 22.7 Å². The number of aromatic nitrogens is 2. The summed E-state index contributed by atoms with van der Waals surface area (Å²) >= 11 is 2.95. The molecule has 2 saturated heterocycles. The third-order valence-electron chi connectivity index (χ3n) is 9.41. The zero-order valence-corrected chi connectivity index (χ0v) is 31.7. The van der Waals surface area contributed by atoms with E-state index in [1.54, 1.807) is 11.6 Å². The van der Waals surface area contributed by atoms with Crippen molar-refractivity contribution in [2.45, 2.75) is 0 Å². The van der Waals surface area contributed by atoms with E-state index >= 15 is 0 Å². The van der Waals surface area contributed by atoms with E-state index in [-0.39, 0.29) is 11.8 Å². The number of anilines is 4. The van der Waals surface area contributed by atoms with Gasteiger partial charge in [0.25, 0.3) is 11.8 Å². The van der Waals surface area contributed by atoms with E-state index < -0.39 is 0 Å². The maximum Gasteiger partial charge on any atom is 0.275 e. The van der Waals surface area contributed by atoms with Crippen LogP contribution in [-0.4, -0.2) is 74.1 Å². The van der Waals surface area contributed by atoms with E-state index in [9.17, 15) is 9.59 Å². The Morgan fingerprint density at radius 2 is 1.11 bits per heavy atom. The Bertz CT molecular complexity index is 2380. The molecule has 11 nitrogen and oxygen atoms in total. The lowest BCUT2D eigenvalue weighted by molar-refractivity contribution is 0.101. The number of carbonyl (C=O) groups is 2. The monoisotopic (exact) mass is 768 g/mol. The Labute approximate surface area is 327 Å². The van der Waals surface area contributed by atoms with E-state index in [2.05, 4.69) is 47.1 Å². The molecule has 9 rings (SSSR count). The lowest BCUT2D eigenvalue weighted by Crippen LogP contribution is -2.43. The van der Waals surface area contributed by atoms with Gasteiger partial charge >= 0.3 is 0 Å². The van der Waals surface area contributed by atoms with Gasteiger partial charge in [0.05, 0.1) is 29.0 Å². The number of nitrogens with one attached hydrogen (secondary N) is 4. The zero-order chi connectivity index (χ0) is 37.4. The molecule has 2 aliphatic rings. The molecule has 2 aliphatic heterocycles. The predicted octanol–water partition coefficient (Wildman–Crippen LogP) is 7.69. The van der Waals surface area contributed by atoms with Crippen molar-refractivity contribution in [2.75, 3.05) is 72.8 Å². The number of fused-ring (bicyclic) bond motifs is 1. The summed E-state index contributed by atoms with van der Waals surface area (Å²) in [5.41, 5.74) is 7.46. The van der Waals surface area contributed by atoms with E-state index in [1.165, 1.54) is 22.7 Å². The number of furan rings is 1. The molecule has 0 unspecified atom stereocenters. The molecule has 2 amide bonds. The Hall–Kier alpha value is -5.86. The molecular formula is C42H40N8O3S2. The Morgan fingerprint density at radius 3 is 1.67 bits per heavy atom. The highest BCUT2D eigenvalue weighted by Crippen LogP contribution is 2.31. The molecule has 0 atom stereocenters. The summed E-state index contributed by atoms with van der Waals surface area (Å²) in [6, 6.07) is 33.6. The van der Waals surface area contributed by atoms with Crippen LogP contribution >= 0.6 is 22.7 Å². The standard InChI is InChI=1S/C22H20N4O2S.C20H20N4OS/c27-21(24-17-3-1-2-4-19(17)26-10-8-23-9-11-26)18-14-29-22(25-18)16-5-6-20-15(13-16)7-12-28-20;25-19(17-14-26-20(23-17)15-6-2-1-3-7-15)22-16-8-4-5-9-18(16)24-12-10-21-11-13-24/h1-7,12-14,23H,8-11H2,(H,24,27);1-9,14,21H,10-13H2,(H,22,25). The van der Waals surface area contributed by atoms with Crippen molar-refractivity contribution in [1.82, 2.24) is 20.6 Å². The first-order chi connectivity index (χ1) is 27.1. The lowest BCUT2D eigenvalue weighted by Gasteiger charge is -2.31. The summed E-state index contributed by atoms with van der Waals surface area (Å²) in [5.74, 6) is -0.370. The van der Waals surface area contributed by atoms with Crippen LogP contribution in [0.15, 0.2) is 125 Å². The molecular weight excluding hydrogens is 729 g/mol. The molecule has 4 N–H and O–H groups in total. The minimum absolute atomic E-state index is 0.175. The average Bonchev–Trinajstić information content (AvgIpc) is 4.05. The molecule has 0 radical (unpaired) electrons. The van der Waals surface area contributed by atoms with Gasteiger partial charge in [-0.15, -0.1) is 22.7 Å². The summed E-state index contributed by atoms with van der Waals surface area (Å²) in [7, 11) is 0. The maximum absolute atomic E-state index is 12.9. The Balaban J connectivity index is 0.000000156. The number of rotatable bonds is 8. The van der Waals surface area contributed by atoms with Gasteiger partial charge in [-0.3, -0.25) is 9.59 Å². The molecule has 0 aliphatic carbocycles. The molecule has 3 aromatic heterocycles. The van der Waals surface area contributed by atoms with E-state index in [0.29, 0.717) is 11.4 Å². The van der Waals surface area contributed by atoms with Crippen LogP contribution in [0, 0.1) is 0 Å². The first-order valence-corrected chi connectivity index (χ1v) is 20.0. The number of para-hydroxylation sites is 4. The molecule has 0 bridgehead atoms. The highest BCUT2D eigenvalue weighted by molar-refractivity contribution is 7.13. The van der Waals surface area contributed by atoms with Crippen LogP contribution < -0.4 is 31.1 Å². The van der Waals surface area contributed by atoms with Gasteiger partial charge in [-0.2, -0.15) is 0 Å². The van der Waals surface area contributed by atoms with Crippen LogP contribution in [-0.2, 0) is 0 Å². The van der Waals surface area contributed by atoms with Crippen molar-refractivity contribution in [3.8, 4) is 21.1 Å². The first kappa shape index (κ1) is 36.1. The highest BCUT2D eigenvalue weighted by atomic mass is 32.1. The first-order valence-electron chi connectivity index (χ1n) is 18.3. The molecule has 13 heteroatoms. The molecule has 5 heterocycles. The Kier molecular flexibility index (Phi) is 11.2. The smallest absolute Gasteiger partial charge is 0.275 e. The summed E-state index contributed by atoms with van der Waals surface area (Å²) in [4.78, 5) is 39.2. The van der Waals surface area contributed by atoms with E-state index in [0.717, 1.165) is 107 Å². The second-order valence-corrected chi connectivity index (χ2v) is 14.7. The van der Waals surface area contributed by atoms with Crippen molar-refractivity contribution >= 4 is 68.2 Å². The van der Waals surface area contributed by atoms with Gasteiger partial charge in [-0.05, 0) is 48.5 Å². The summed E-state index contributed by atoms with van der Waals surface area (Å²) in [6.07, 6.45) is 1.67. The fraction of sp³-hybridized carbons (Fsp3) is 0.190. The van der Waals surface area contributed by atoms with Gasteiger partial charge in [0.15, 0.2) is 0 Å². The third-order valence-corrected chi connectivity index (χ3v) is 11.2. The van der Waals surface area contributed by atoms with Gasteiger partial charge in [0.2, 0.25) is 0 Å². The molecule has 55 heavy (non-hydrogen) atoms. The SMILES string of the molecule is O=C(Nc1ccccc1N1CCNCC1)c1csc(-c2ccc3occc3c2)n1.O=C(Nc1ccccc1N1CCNCC1)c1csc(-c2ccccc2)n1. The normalized spacial score (nSPS) is 14.3. The maximum atomic E-state index is 12.9. The van der Waals surface area contributed by atoms with Crippen molar-refractivity contribution in [3.05, 3.63) is 132 Å². The summed E-state index contributed by atoms with van der Waals surface area (Å²) in [5, 5.41) is 19.1. The topological polar surface area (TPSA) is 128 Å². The van der Waals surface area contributed by atoms with Gasteiger partial charge < -0.3 is 35.5 Å². The number of hydrogen-bond donors (Lipinski definition) is 4. The van der Waals surface area contributed by atoms with Gasteiger partial charge in [-0.1, -0.05) is 54.6 Å². The largest absolute Gasteiger partial charge is 0.464 e. The zero-order valence-electron chi connectivity index (χ0n) is 30.0. The second kappa shape index (κ2) is 17.1. The van der Waals surface area contributed by atoms with Crippen LogP contribution in [0.1, 0.15) is 21.0 Å². The quantitative estimate of drug-likeness (QED) is 0.123. The van der Waals surface area contributed by atoms with Crippen LogP contribution in [0.3, 0.4) is 0 Å². The third kappa shape index (κ3) is 8.60. The van der Waals surface area contributed by atoms with E-state index in [1.807, 2.05) is 102 Å². The number of hydrogen-bond acceptors (Lipinski definition) is 11. The van der Waals surface area contributed by atoms with Crippen molar-refractivity contribution in [2.24, 2.45) is 0 Å². The second-order valence-electron chi connectivity index (χ2n) is 13.0. The number of nitrogens with zero attached hydrogens (tertiary/aromatic N) is 4. The fourth-order valence-corrected chi connectivity index (χ4v) is 8.20. The summed E-state index contributed by atoms with van der Waals surface area (Å²) < 4.78 is 5.39. The number of piperazine rings is 2. The number of carbonyl (C=O) groups excluding carboxylic acids is 2. The number of thiazole rings is 2. The van der Waals surface area contributed by atoms with Crippen molar-refractivity contribution in [3.63, 3.8) is 0 Å². The summed E-state index contributed by atoms with van der Waals surface area (Å²) in [6.45, 7) is 7.50. The lowest BCUT2D eigenvalue weighted by atomic mass is 10.2. The predicted molar refractivity (Wildman–Crippen MR) is 224 cm³/mol. The van der Waals surface area contributed by atoms with Crippen molar-refractivity contribution in [1.29, 1.82) is 0 Å².